The fourth-order valence-electron chi connectivity index (χ4n) is 5.22. The number of furan rings is 1. The van der Waals surface area contributed by atoms with Gasteiger partial charge in [-0.2, -0.15) is 0 Å². The highest BCUT2D eigenvalue weighted by Gasteiger charge is 2.48. The molecule has 2 aromatic heterocycles. The number of amides is 2. The van der Waals surface area contributed by atoms with Crippen molar-refractivity contribution in [2.45, 2.75) is 70.1 Å². The summed E-state index contributed by atoms with van der Waals surface area (Å²) in [5.74, 6) is -0.258. The Bertz CT molecular complexity index is 1180. The summed E-state index contributed by atoms with van der Waals surface area (Å²) in [6.07, 6.45) is 8.00. The van der Waals surface area contributed by atoms with E-state index >= 15 is 0 Å². The molecule has 1 fully saturated rings. The molecule has 5 rings (SSSR count). The fourth-order valence-corrected chi connectivity index (χ4v) is 5.22. The fraction of sp³-hybridized carbons (Fsp3) is 0.407. The molecule has 0 bridgehead atoms. The summed E-state index contributed by atoms with van der Waals surface area (Å²) in [4.78, 5) is 29.1. The molecule has 178 valence electrons. The SMILES string of the molecule is C[C@@]1(C(=O)NC2CCCCCC2)Cn2c(ccc2-c2ccco2)C(=O)N1Cc1ccccc1F. The smallest absolute Gasteiger partial charge is 0.271 e. The van der Waals surface area contributed by atoms with Crippen molar-refractivity contribution in [3.63, 3.8) is 0 Å². The zero-order valence-electron chi connectivity index (χ0n) is 19.4. The molecule has 3 heterocycles. The van der Waals surface area contributed by atoms with Crippen LogP contribution in [0, 0.1) is 5.82 Å². The predicted molar refractivity (Wildman–Crippen MR) is 126 cm³/mol. The number of carbonyl (C=O) groups is 2. The summed E-state index contributed by atoms with van der Waals surface area (Å²) in [5.41, 5.74) is 0.393. The molecule has 1 aliphatic heterocycles. The van der Waals surface area contributed by atoms with Crippen LogP contribution in [0.1, 0.15) is 61.5 Å². The molecule has 0 unspecified atom stereocenters. The maximum Gasteiger partial charge on any atom is 0.271 e. The summed E-state index contributed by atoms with van der Waals surface area (Å²) < 4.78 is 22.0. The minimum Gasteiger partial charge on any atom is -0.463 e. The lowest BCUT2D eigenvalue weighted by Crippen LogP contribution is -2.64. The Morgan fingerprint density at radius 2 is 1.79 bits per heavy atom. The van der Waals surface area contributed by atoms with E-state index in [1.54, 1.807) is 43.5 Å². The number of nitrogens with zero attached hydrogens (tertiary/aromatic N) is 2. The first-order chi connectivity index (χ1) is 16.5. The third-order valence-corrected chi connectivity index (χ3v) is 7.25. The van der Waals surface area contributed by atoms with E-state index in [1.807, 2.05) is 16.7 Å². The molecule has 7 heteroatoms. The first-order valence-corrected chi connectivity index (χ1v) is 12.1. The monoisotopic (exact) mass is 463 g/mol. The predicted octanol–water partition coefficient (Wildman–Crippen LogP) is 5.14. The van der Waals surface area contributed by atoms with Gasteiger partial charge in [-0.15, -0.1) is 0 Å². The number of hydrogen-bond acceptors (Lipinski definition) is 3. The lowest BCUT2D eigenvalue weighted by atomic mass is 9.92. The van der Waals surface area contributed by atoms with Crippen LogP contribution < -0.4 is 5.32 Å². The van der Waals surface area contributed by atoms with Gasteiger partial charge in [0, 0.05) is 11.6 Å². The van der Waals surface area contributed by atoms with Crippen LogP contribution in [0.5, 0.6) is 0 Å². The normalized spacial score (nSPS) is 21.2. The second-order valence-corrected chi connectivity index (χ2v) is 9.59. The second kappa shape index (κ2) is 9.12. The number of nitrogens with one attached hydrogen (secondary N) is 1. The maximum atomic E-state index is 14.6. The van der Waals surface area contributed by atoms with Crippen LogP contribution >= 0.6 is 0 Å². The van der Waals surface area contributed by atoms with Crippen molar-refractivity contribution in [3.8, 4) is 11.5 Å². The molecule has 1 atom stereocenters. The van der Waals surface area contributed by atoms with E-state index < -0.39 is 5.54 Å². The summed E-state index contributed by atoms with van der Waals surface area (Å²) in [6.45, 7) is 2.05. The number of carbonyl (C=O) groups excluding carboxylic acids is 2. The van der Waals surface area contributed by atoms with Crippen LogP contribution in [0.2, 0.25) is 0 Å². The van der Waals surface area contributed by atoms with Gasteiger partial charge in [-0.05, 0) is 50.1 Å². The zero-order chi connectivity index (χ0) is 23.7. The average molecular weight is 464 g/mol. The van der Waals surface area contributed by atoms with Gasteiger partial charge in [0.25, 0.3) is 5.91 Å². The summed E-state index contributed by atoms with van der Waals surface area (Å²) in [5, 5.41) is 3.23. The number of hydrogen-bond donors (Lipinski definition) is 1. The molecule has 1 aliphatic carbocycles. The molecule has 1 saturated carbocycles. The second-order valence-electron chi connectivity index (χ2n) is 9.59. The van der Waals surface area contributed by atoms with Crippen molar-refractivity contribution in [1.29, 1.82) is 0 Å². The third kappa shape index (κ3) is 4.04. The van der Waals surface area contributed by atoms with Crippen LogP contribution in [0.4, 0.5) is 4.39 Å². The van der Waals surface area contributed by atoms with Crippen molar-refractivity contribution >= 4 is 11.8 Å². The van der Waals surface area contributed by atoms with Gasteiger partial charge >= 0.3 is 0 Å². The lowest BCUT2D eigenvalue weighted by molar-refractivity contribution is -0.134. The van der Waals surface area contributed by atoms with Crippen molar-refractivity contribution in [2.75, 3.05) is 0 Å². The van der Waals surface area contributed by atoms with E-state index in [0.717, 1.165) is 31.4 Å². The van der Waals surface area contributed by atoms with E-state index in [9.17, 15) is 14.0 Å². The molecule has 0 radical (unpaired) electrons. The Kier molecular flexibility index (Phi) is 6.02. The minimum absolute atomic E-state index is 0.0152. The third-order valence-electron chi connectivity index (χ3n) is 7.25. The van der Waals surface area contributed by atoms with E-state index in [4.69, 9.17) is 4.42 Å². The van der Waals surface area contributed by atoms with E-state index in [-0.39, 0.29) is 36.8 Å². The maximum absolute atomic E-state index is 14.6. The Hall–Kier alpha value is -3.35. The number of fused-ring (bicyclic) bond motifs is 1. The molecule has 0 saturated heterocycles. The van der Waals surface area contributed by atoms with Gasteiger partial charge in [0.2, 0.25) is 5.91 Å². The highest BCUT2D eigenvalue weighted by atomic mass is 19.1. The highest BCUT2D eigenvalue weighted by molar-refractivity contribution is 6.00. The highest BCUT2D eigenvalue weighted by Crippen LogP contribution is 2.35. The van der Waals surface area contributed by atoms with Crippen LogP contribution in [0.15, 0.2) is 59.2 Å². The van der Waals surface area contributed by atoms with Gasteiger partial charge in [-0.25, -0.2) is 4.39 Å². The molecule has 2 amide bonds. The van der Waals surface area contributed by atoms with Crippen LogP contribution in [-0.4, -0.2) is 32.9 Å². The quantitative estimate of drug-likeness (QED) is 0.533. The Morgan fingerprint density at radius 1 is 1.06 bits per heavy atom. The van der Waals surface area contributed by atoms with Crippen molar-refractivity contribution in [3.05, 3.63) is 71.9 Å². The summed E-state index contributed by atoms with van der Waals surface area (Å²) in [7, 11) is 0. The van der Waals surface area contributed by atoms with Crippen molar-refractivity contribution in [1.82, 2.24) is 14.8 Å². The van der Waals surface area contributed by atoms with Gasteiger partial charge in [-0.3, -0.25) is 9.59 Å². The Balaban J connectivity index is 1.53. The number of aromatic nitrogens is 1. The van der Waals surface area contributed by atoms with Gasteiger partial charge in [0.15, 0.2) is 0 Å². The molecule has 34 heavy (non-hydrogen) atoms. The molecule has 1 N–H and O–H groups in total. The van der Waals surface area contributed by atoms with Crippen LogP contribution in [0.3, 0.4) is 0 Å². The Labute approximate surface area is 198 Å². The Morgan fingerprint density at radius 3 is 2.50 bits per heavy atom. The zero-order valence-corrected chi connectivity index (χ0v) is 19.4. The van der Waals surface area contributed by atoms with Gasteiger partial charge in [0.05, 0.1) is 25.0 Å². The number of benzene rings is 1. The largest absolute Gasteiger partial charge is 0.463 e. The first-order valence-electron chi connectivity index (χ1n) is 12.1. The van der Waals surface area contributed by atoms with E-state index in [0.29, 0.717) is 17.0 Å². The van der Waals surface area contributed by atoms with Crippen molar-refractivity contribution in [2.24, 2.45) is 0 Å². The van der Waals surface area contributed by atoms with Crippen LogP contribution in [0.25, 0.3) is 11.5 Å². The summed E-state index contributed by atoms with van der Waals surface area (Å²) >= 11 is 0. The first kappa shape index (κ1) is 22.4. The lowest BCUT2D eigenvalue weighted by Gasteiger charge is -2.45. The van der Waals surface area contributed by atoms with Gasteiger partial charge in [-0.1, -0.05) is 43.9 Å². The molecule has 1 aromatic carbocycles. The molecular formula is C27H30FN3O3. The number of halogens is 1. The van der Waals surface area contributed by atoms with E-state index in [1.165, 1.54) is 23.8 Å². The van der Waals surface area contributed by atoms with Gasteiger partial charge < -0.3 is 19.2 Å². The van der Waals surface area contributed by atoms with Crippen molar-refractivity contribution < 1.29 is 18.4 Å². The molecule has 0 spiro atoms. The molecular weight excluding hydrogens is 433 g/mol. The van der Waals surface area contributed by atoms with Gasteiger partial charge in [0.1, 0.15) is 22.8 Å². The molecule has 3 aromatic rings. The minimum atomic E-state index is -1.20. The number of rotatable bonds is 5. The average Bonchev–Trinajstić information content (AvgIpc) is 3.42. The topological polar surface area (TPSA) is 67.5 Å². The molecule has 6 nitrogen and oxygen atoms in total. The molecule has 2 aliphatic rings. The standard InChI is InChI=1S/C27H30FN3O3/c1-27(26(33)29-20-10-4-2-3-5-11-20)18-30-22(24-13-8-16-34-24)14-15-23(30)25(32)31(27)17-19-9-6-7-12-21(19)28/h6-9,12-16,20H,2-5,10-11,17-18H2,1H3,(H,29,33)/t27-/m0/s1. The van der Waals surface area contributed by atoms with E-state index in [2.05, 4.69) is 5.32 Å². The van der Waals surface area contributed by atoms with Crippen LogP contribution in [-0.2, 0) is 17.9 Å². The summed E-state index contributed by atoms with van der Waals surface area (Å²) in [6, 6.07) is 13.7.